The lowest BCUT2D eigenvalue weighted by Crippen LogP contribution is -2.53. The van der Waals surface area contributed by atoms with Crippen molar-refractivity contribution in [3.05, 3.63) is 53.0 Å². The number of fused-ring (bicyclic) bond motifs is 1. The molecule has 1 unspecified atom stereocenters. The third kappa shape index (κ3) is 3.15. The van der Waals surface area contributed by atoms with Gasteiger partial charge >= 0.3 is 0 Å². The van der Waals surface area contributed by atoms with E-state index in [1.165, 1.54) is 11.0 Å². The molecule has 3 aliphatic rings. The summed E-state index contributed by atoms with van der Waals surface area (Å²) in [5.41, 5.74) is 1.90. The molecule has 2 fully saturated rings. The van der Waals surface area contributed by atoms with E-state index in [1.54, 1.807) is 12.1 Å². The van der Waals surface area contributed by atoms with Gasteiger partial charge in [-0.2, -0.15) is 0 Å². The zero-order valence-corrected chi connectivity index (χ0v) is 15.1. The van der Waals surface area contributed by atoms with Crippen molar-refractivity contribution in [2.75, 3.05) is 6.54 Å². The van der Waals surface area contributed by atoms with Gasteiger partial charge < -0.3 is 15.3 Å². The van der Waals surface area contributed by atoms with E-state index < -0.39 is 23.5 Å². The Morgan fingerprint density at radius 1 is 1.29 bits per heavy atom. The lowest BCUT2D eigenvalue weighted by atomic mass is 9.92. The SMILES string of the molecule is O=C1CC[C@H](N2CC3=C(NCc4cccc(O)c4F)C=CCC3C2=O)C(=O)N1. The van der Waals surface area contributed by atoms with Gasteiger partial charge in [-0.25, -0.2) is 4.39 Å². The van der Waals surface area contributed by atoms with Crippen molar-refractivity contribution in [3.8, 4) is 5.75 Å². The summed E-state index contributed by atoms with van der Waals surface area (Å²) in [5, 5.41) is 14.9. The van der Waals surface area contributed by atoms with E-state index in [-0.39, 0.29) is 30.7 Å². The summed E-state index contributed by atoms with van der Waals surface area (Å²) >= 11 is 0. The minimum atomic E-state index is -0.676. The molecule has 0 radical (unpaired) electrons. The van der Waals surface area contributed by atoms with Crippen LogP contribution in [-0.2, 0) is 20.9 Å². The molecule has 2 heterocycles. The third-order valence-electron chi connectivity index (χ3n) is 5.46. The number of hydrogen-bond acceptors (Lipinski definition) is 5. The summed E-state index contributed by atoms with van der Waals surface area (Å²) in [6, 6.07) is 3.78. The number of allylic oxidation sites excluding steroid dienone is 2. The molecule has 7 nitrogen and oxygen atoms in total. The molecular weight excluding hydrogens is 365 g/mol. The number of hydrogen-bond donors (Lipinski definition) is 3. The van der Waals surface area contributed by atoms with Gasteiger partial charge in [-0.1, -0.05) is 18.2 Å². The van der Waals surface area contributed by atoms with E-state index in [2.05, 4.69) is 10.6 Å². The fourth-order valence-electron chi connectivity index (χ4n) is 3.97. The molecule has 1 aliphatic carbocycles. The van der Waals surface area contributed by atoms with Crippen molar-refractivity contribution in [2.24, 2.45) is 5.92 Å². The first kappa shape index (κ1) is 18.2. The lowest BCUT2D eigenvalue weighted by molar-refractivity contribution is -0.144. The molecule has 28 heavy (non-hydrogen) atoms. The maximum atomic E-state index is 14.0. The molecule has 0 spiro atoms. The summed E-state index contributed by atoms with van der Waals surface area (Å²) in [7, 11) is 0. The number of halogens is 1. The van der Waals surface area contributed by atoms with Crippen molar-refractivity contribution in [1.29, 1.82) is 0 Å². The van der Waals surface area contributed by atoms with E-state index in [0.717, 1.165) is 11.3 Å². The van der Waals surface area contributed by atoms with Crippen molar-refractivity contribution >= 4 is 17.7 Å². The summed E-state index contributed by atoms with van der Waals surface area (Å²) < 4.78 is 14.0. The molecule has 146 valence electrons. The number of piperidine rings is 1. The van der Waals surface area contributed by atoms with Crippen molar-refractivity contribution in [3.63, 3.8) is 0 Å². The highest BCUT2D eigenvalue weighted by molar-refractivity contribution is 6.02. The number of imide groups is 1. The van der Waals surface area contributed by atoms with Gasteiger partial charge in [-0.15, -0.1) is 0 Å². The van der Waals surface area contributed by atoms with E-state index in [4.69, 9.17) is 0 Å². The van der Waals surface area contributed by atoms with Crippen LogP contribution in [0.25, 0.3) is 0 Å². The molecule has 0 aromatic heterocycles. The van der Waals surface area contributed by atoms with E-state index in [9.17, 15) is 23.9 Å². The predicted molar refractivity (Wildman–Crippen MR) is 97.1 cm³/mol. The maximum Gasteiger partial charge on any atom is 0.249 e. The van der Waals surface area contributed by atoms with Gasteiger partial charge in [-0.3, -0.25) is 19.7 Å². The van der Waals surface area contributed by atoms with E-state index in [1.807, 2.05) is 12.2 Å². The van der Waals surface area contributed by atoms with Crippen LogP contribution in [0.1, 0.15) is 24.8 Å². The number of phenolic OH excluding ortho intramolecular Hbond substituents is 1. The first-order valence-electron chi connectivity index (χ1n) is 9.19. The Morgan fingerprint density at radius 2 is 2.11 bits per heavy atom. The molecule has 4 rings (SSSR count). The first-order valence-corrected chi connectivity index (χ1v) is 9.19. The van der Waals surface area contributed by atoms with Crippen LogP contribution in [-0.4, -0.2) is 40.3 Å². The molecule has 3 N–H and O–H groups in total. The highest BCUT2D eigenvalue weighted by Gasteiger charge is 2.44. The number of amides is 3. The summed E-state index contributed by atoms with van der Waals surface area (Å²) in [4.78, 5) is 37.9. The highest BCUT2D eigenvalue weighted by Crippen LogP contribution is 2.35. The van der Waals surface area contributed by atoms with Crippen LogP contribution in [0.2, 0.25) is 0 Å². The number of phenols is 1. The second-order valence-corrected chi connectivity index (χ2v) is 7.17. The standard InChI is InChI=1S/C20H20FN3O4/c21-18-11(3-1-6-16(18)25)9-22-14-5-2-4-12-13(14)10-24(20(12)28)15-7-8-17(26)23-19(15)27/h1-3,5-6,12,15,22,25H,4,7-10H2,(H,23,26,27)/t12?,15-/m0/s1. The van der Waals surface area contributed by atoms with Gasteiger partial charge in [0.2, 0.25) is 17.7 Å². The van der Waals surface area contributed by atoms with Crippen molar-refractivity contribution < 1.29 is 23.9 Å². The summed E-state index contributed by atoms with van der Waals surface area (Å²) in [5.74, 6) is -2.32. The van der Waals surface area contributed by atoms with Crippen LogP contribution < -0.4 is 10.6 Å². The molecule has 3 amide bonds. The summed E-state index contributed by atoms with van der Waals surface area (Å²) in [6.45, 7) is 0.452. The van der Waals surface area contributed by atoms with Gasteiger partial charge in [0.05, 0.1) is 5.92 Å². The van der Waals surface area contributed by atoms with E-state index in [0.29, 0.717) is 24.9 Å². The minimum Gasteiger partial charge on any atom is -0.505 e. The molecule has 1 aromatic rings. The average molecular weight is 385 g/mol. The monoisotopic (exact) mass is 385 g/mol. The van der Waals surface area contributed by atoms with Gasteiger partial charge in [0.15, 0.2) is 11.6 Å². The topological polar surface area (TPSA) is 98.7 Å². The second kappa shape index (κ2) is 7.10. The predicted octanol–water partition coefficient (Wildman–Crippen LogP) is 1.10. The molecular formula is C20H20FN3O4. The largest absolute Gasteiger partial charge is 0.505 e. The number of nitrogens with zero attached hydrogens (tertiary/aromatic N) is 1. The Balaban J connectivity index is 1.54. The molecule has 2 aliphatic heterocycles. The lowest BCUT2D eigenvalue weighted by Gasteiger charge is -2.29. The van der Waals surface area contributed by atoms with Gasteiger partial charge in [0, 0.05) is 30.8 Å². The van der Waals surface area contributed by atoms with Crippen LogP contribution in [0.3, 0.4) is 0 Å². The number of carbonyl (C=O) groups is 3. The number of aromatic hydroxyl groups is 1. The molecule has 2 atom stereocenters. The van der Waals surface area contributed by atoms with Crippen LogP contribution in [0.5, 0.6) is 5.75 Å². The quantitative estimate of drug-likeness (QED) is 0.674. The molecule has 8 heteroatoms. The summed E-state index contributed by atoms with van der Waals surface area (Å²) in [6.07, 6.45) is 4.81. The molecule has 2 saturated heterocycles. The average Bonchev–Trinajstić information content (AvgIpc) is 3.00. The Bertz CT molecular complexity index is 924. The highest BCUT2D eigenvalue weighted by atomic mass is 19.1. The van der Waals surface area contributed by atoms with Gasteiger partial charge in [0.25, 0.3) is 0 Å². The molecule has 1 aromatic carbocycles. The molecule has 0 bridgehead atoms. The molecule has 0 saturated carbocycles. The first-order chi connectivity index (χ1) is 13.5. The van der Waals surface area contributed by atoms with Crippen LogP contribution in [0, 0.1) is 11.7 Å². The normalized spacial score (nSPS) is 24.5. The fourth-order valence-corrected chi connectivity index (χ4v) is 3.97. The fraction of sp³-hybridized carbons (Fsp3) is 0.350. The Hall–Kier alpha value is -3.16. The maximum absolute atomic E-state index is 14.0. The number of benzene rings is 1. The second-order valence-electron chi connectivity index (χ2n) is 7.17. The minimum absolute atomic E-state index is 0.128. The Morgan fingerprint density at radius 3 is 2.89 bits per heavy atom. The van der Waals surface area contributed by atoms with Gasteiger partial charge in [-0.05, 0) is 30.6 Å². The zero-order chi connectivity index (χ0) is 19.8. The number of carbonyl (C=O) groups excluding carboxylic acids is 3. The smallest absolute Gasteiger partial charge is 0.249 e. The van der Waals surface area contributed by atoms with E-state index >= 15 is 0 Å². The number of rotatable bonds is 4. The van der Waals surface area contributed by atoms with Crippen molar-refractivity contribution in [1.82, 2.24) is 15.5 Å². The zero-order valence-electron chi connectivity index (χ0n) is 15.1. The van der Waals surface area contributed by atoms with Crippen LogP contribution in [0.4, 0.5) is 4.39 Å². The van der Waals surface area contributed by atoms with Crippen LogP contribution in [0.15, 0.2) is 41.6 Å². The Kier molecular flexibility index (Phi) is 4.62. The van der Waals surface area contributed by atoms with Crippen LogP contribution >= 0.6 is 0 Å². The number of likely N-dealkylation sites (tertiary alicyclic amines) is 1. The van der Waals surface area contributed by atoms with Crippen molar-refractivity contribution in [2.45, 2.75) is 31.8 Å². The number of nitrogens with one attached hydrogen (secondary N) is 2. The Labute approximate surface area is 160 Å². The van der Waals surface area contributed by atoms with Gasteiger partial charge in [0.1, 0.15) is 6.04 Å². The third-order valence-corrected chi connectivity index (χ3v) is 5.46.